The van der Waals surface area contributed by atoms with Crippen LogP contribution in [0.4, 0.5) is 0 Å². The Hall–Kier alpha value is -1.06. The number of nitrogens with one attached hydrogen (secondary N) is 2. The average Bonchev–Trinajstić information content (AvgIpc) is 3.00. The van der Waals surface area contributed by atoms with Crippen molar-refractivity contribution in [3.63, 3.8) is 0 Å². The van der Waals surface area contributed by atoms with E-state index in [-0.39, 0.29) is 0 Å². The molecule has 3 nitrogen and oxygen atoms in total. The molecule has 0 bridgehead atoms. The topological polar surface area (TPSA) is 27.3 Å². The van der Waals surface area contributed by atoms with Gasteiger partial charge in [0.2, 0.25) is 0 Å². The largest absolute Gasteiger partial charge is 0.372 e. The van der Waals surface area contributed by atoms with E-state index >= 15 is 0 Å². The first-order valence-corrected chi connectivity index (χ1v) is 7.85. The first-order chi connectivity index (χ1) is 9.63. The highest BCUT2D eigenvalue weighted by Gasteiger charge is 2.58. The van der Waals surface area contributed by atoms with Crippen LogP contribution in [-0.2, 0) is 0 Å². The third kappa shape index (κ3) is 2.45. The van der Waals surface area contributed by atoms with Crippen LogP contribution < -0.4 is 10.6 Å². The maximum Gasteiger partial charge on any atom is 0.0300 e. The zero-order chi connectivity index (χ0) is 14.2. The van der Waals surface area contributed by atoms with Crippen LogP contribution in [0.5, 0.6) is 0 Å². The summed E-state index contributed by atoms with van der Waals surface area (Å²) in [5.41, 5.74) is 4.50. The Labute approximate surface area is 122 Å². The molecular formula is C17H27N3. The number of allylic oxidation sites excluding steroid dienone is 4. The molecule has 2 N–H and O–H groups in total. The molecule has 3 heteroatoms. The van der Waals surface area contributed by atoms with E-state index in [2.05, 4.69) is 48.1 Å². The molecule has 2 heterocycles. The van der Waals surface area contributed by atoms with E-state index in [1.165, 1.54) is 29.8 Å². The van der Waals surface area contributed by atoms with Gasteiger partial charge in [-0.15, -0.1) is 0 Å². The molecule has 1 aliphatic carbocycles. The van der Waals surface area contributed by atoms with Crippen LogP contribution in [0, 0.1) is 11.3 Å². The third-order valence-electron chi connectivity index (χ3n) is 5.17. The predicted molar refractivity (Wildman–Crippen MR) is 84.5 cm³/mol. The van der Waals surface area contributed by atoms with Crippen molar-refractivity contribution >= 4 is 0 Å². The molecule has 0 radical (unpaired) electrons. The first kappa shape index (κ1) is 13.9. The van der Waals surface area contributed by atoms with E-state index in [1.54, 1.807) is 0 Å². The van der Waals surface area contributed by atoms with Crippen LogP contribution in [0.15, 0.2) is 35.6 Å². The van der Waals surface area contributed by atoms with Gasteiger partial charge in [0.1, 0.15) is 0 Å². The SMILES string of the molecule is C=C(C)C(=CC=C(C)N1CCNCC1)C12CNCC1C2. The second-order valence-electron chi connectivity index (χ2n) is 6.59. The van der Waals surface area contributed by atoms with Crippen molar-refractivity contribution in [2.24, 2.45) is 11.3 Å². The first-order valence-electron chi connectivity index (χ1n) is 7.85. The van der Waals surface area contributed by atoms with Crippen LogP contribution in [0.3, 0.4) is 0 Å². The van der Waals surface area contributed by atoms with Gasteiger partial charge in [-0.2, -0.15) is 0 Å². The molecule has 110 valence electrons. The summed E-state index contributed by atoms with van der Waals surface area (Å²) < 4.78 is 0. The maximum absolute atomic E-state index is 4.21. The summed E-state index contributed by atoms with van der Waals surface area (Å²) in [4.78, 5) is 2.47. The van der Waals surface area contributed by atoms with E-state index < -0.39 is 0 Å². The quantitative estimate of drug-likeness (QED) is 0.766. The zero-order valence-corrected chi connectivity index (χ0v) is 12.8. The van der Waals surface area contributed by atoms with Gasteiger partial charge in [-0.05, 0) is 44.4 Å². The fourth-order valence-corrected chi connectivity index (χ4v) is 3.82. The Kier molecular flexibility index (Phi) is 3.74. The van der Waals surface area contributed by atoms with Crippen molar-refractivity contribution in [2.45, 2.75) is 20.3 Å². The predicted octanol–water partition coefficient (Wildman–Crippen LogP) is 1.91. The highest BCUT2D eigenvalue weighted by molar-refractivity contribution is 5.43. The van der Waals surface area contributed by atoms with Gasteiger partial charge >= 0.3 is 0 Å². The molecule has 0 aromatic rings. The molecule has 3 aliphatic rings. The highest BCUT2D eigenvalue weighted by Crippen LogP contribution is 2.61. The number of piperazine rings is 1. The van der Waals surface area contributed by atoms with Crippen LogP contribution in [0.25, 0.3) is 0 Å². The second-order valence-corrected chi connectivity index (χ2v) is 6.59. The van der Waals surface area contributed by atoms with E-state index in [9.17, 15) is 0 Å². The molecule has 0 amide bonds. The molecule has 20 heavy (non-hydrogen) atoms. The van der Waals surface area contributed by atoms with Gasteiger partial charge < -0.3 is 15.5 Å². The summed E-state index contributed by atoms with van der Waals surface area (Å²) in [6.45, 7) is 15.3. The number of hydrogen-bond donors (Lipinski definition) is 2. The molecule has 3 rings (SSSR count). The minimum absolute atomic E-state index is 0.409. The molecule has 1 saturated carbocycles. The van der Waals surface area contributed by atoms with Crippen molar-refractivity contribution in [1.29, 1.82) is 0 Å². The molecule has 2 atom stereocenters. The highest BCUT2D eigenvalue weighted by atomic mass is 15.2. The smallest absolute Gasteiger partial charge is 0.0300 e. The van der Waals surface area contributed by atoms with Gasteiger partial charge in [-0.1, -0.05) is 18.2 Å². The molecule has 0 aromatic carbocycles. The van der Waals surface area contributed by atoms with Crippen molar-refractivity contribution in [2.75, 3.05) is 39.3 Å². The zero-order valence-electron chi connectivity index (χ0n) is 12.8. The number of rotatable bonds is 4. The normalized spacial score (nSPS) is 34.1. The van der Waals surface area contributed by atoms with E-state index in [4.69, 9.17) is 0 Å². The molecule has 0 spiro atoms. The van der Waals surface area contributed by atoms with Crippen LogP contribution in [-0.4, -0.2) is 44.2 Å². The lowest BCUT2D eigenvalue weighted by Gasteiger charge is -2.30. The Morgan fingerprint density at radius 3 is 2.50 bits per heavy atom. The molecule has 2 aliphatic heterocycles. The number of fused-ring (bicyclic) bond motifs is 1. The van der Waals surface area contributed by atoms with E-state index in [0.717, 1.165) is 38.6 Å². The standard InChI is InChI=1S/C17H27N3/c1-13(2)16(17-10-15(17)11-19-12-17)5-4-14(3)20-8-6-18-7-9-20/h4-5,15,18-19H,1,6-12H2,2-3H3. The second kappa shape index (κ2) is 5.38. The summed E-state index contributed by atoms with van der Waals surface area (Å²) >= 11 is 0. The summed E-state index contributed by atoms with van der Waals surface area (Å²) in [5.74, 6) is 0.846. The lowest BCUT2D eigenvalue weighted by Crippen LogP contribution is -2.42. The van der Waals surface area contributed by atoms with Gasteiger partial charge in [0.05, 0.1) is 0 Å². The van der Waals surface area contributed by atoms with Crippen LogP contribution in [0.2, 0.25) is 0 Å². The van der Waals surface area contributed by atoms with E-state index in [0.29, 0.717) is 5.41 Å². The van der Waals surface area contributed by atoms with Gasteiger partial charge in [0, 0.05) is 43.8 Å². The number of piperidine rings is 1. The Balaban J connectivity index is 1.76. The van der Waals surface area contributed by atoms with Crippen molar-refractivity contribution < 1.29 is 0 Å². The van der Waals surface area contributed by atoms with Crippen molar-refractivity contribution in [3.05, 3.63) is 35.6 Å². The van der Waals surface area contributed by atoms with Crippen LogP contribution >= 0.6 is 0 Å². The summed E-state index contributed by atoms with van der Waals surface area (Å²) in [7, 11) is 0. The molecular weight excluding hydrogens is 246 g/mol. The summed E-state index contributed by atoms with van der Waals surface area (Å²) in [6, 6.07) is 0. The van der Waals surface area contributed by atoms with Crippen LogP contribution in [0.1, 0.15) is 20.3 Å². The Bertz CT molecular complexity index is 457. The number of hydrogen-bond acceptors (Lipinski definition) is 3. The van der Waals surface area contributed by atoms with Crippen molar-refractivity contribution in [1.82, 2.24) is 15.5 Å². The van der Waals surface area contributed by atoms with Gasteiger partial charge in [-0.3, -0.25) is 0 Å². The van der Waals surface area contributed by atoms with Gasteiger partial charge in [0.15, 0.2) is 0 Å². The minimum Gasteiger partial charge on any atom is -0.372 e. The summed E-state index contributed by atoms with van der Waals surface area (Å²) in [6.07, 6.45) is 5.99. The maximum atomic E-state index is 4.21. The molecule has 2 unspecified atom stereocenters. The Morgan fingerprint density at radius 1 is 1.20 bits per heavy atom. The fraction of sp³-hybridized carbons (Fsp3) is 0.647. The third-order valence-corrected chi connectivity index (χ3v) is 5.17. The van der Waals surface area contributed by atoms with Gasteiger partial charge in [-0.25, -0.2) is 0 Å². The average molecular weight is 273 g/mol. The monoisotopic (exact) mass is 273 g/mol. The lowest BCUT2D eigenvalue weighted by atomic mass is 9.89. The molecule has 2 saturated heterocycles. The van der Waals surface area contributed by atoms with E-state index in [1.807, 2.05) is 0 Å². The Morgan fingerprint density at radius 2 is 1.95 bits per heavy atom. The minimum atomic E-state index is 0.409. The summed E-state index contributed by atoms with van der Waals surface area (Å²) in [5, 5.41) is 6.93. The molecule has 3 fully saturated rings. The van der Waals surface area contributed by atoms with Gasteiger partial charge in [0.25, 0.3) is 0 Å². The fourth-order valence-electron chi connectivity index (χ4n) is 3.82. The van der Waals surface area contributed by atoms with Crippen molar-refractivity contribution in [3.8, 4) is 0 Å². The number of nitrogens with zero attached hydrogens (tertiary/aromatic N) is 1. The molecule has 0 aromatic heterocycles. The lowest BCUT2D eigenvalue weighted by molar-refractivity contribution is 0.300.